The van der Waals surface area contributed by atoms with Gasteiger partial charge in [0, 0.05) is 13.1 Å². The van der Waals surface area contributed by atoms with Gasteiger partial charge in [-0.2, -0.15) is 0 Å². The topological polar surface area (TPSA) is 58.6 Å². The molecule has 1 saturated carbocycles. The van der Waals surface area contributed by atoms with Gasteiger partial charge in [-0.05, 0) is 43.5 Å². The molecule has 0 aromatic heterocycles. The molecule has 172 valence electrons. The van der Waals surface area contributed by atoms with E-state index in [1.807, 2.05) is 36.4 Å². The molecule has 1 fully saturated rings. The molecule has 0 bridgehead atoms. The molecule has 0 atom stereocenters. The summed E-state index contributed by atoms with van der Waals surface area (Å²) in [6.07, 6.45) is 10.0. The maximum atomic E-state index is 13.4. The van der Waals surface area contributed by atoms with Crippen molar-refractivity contribution in [2.75, 3.05) is 18.6 Å². The number of benzene rings is 2. The van der Waals surface area contributed by atoms with Gasteiger partial charge in [0.15, 0.2) is 0 Å². The minimum atomic E-state index is -0.188. The van der Waals surface area contributed by atoms with E-state index in [9.17, 15) is 9.59 Å². The molecule has 1 aliphatic carbocycles. The number of carbonyl (C=O) groups excluding carboxylic acids is 2. The zero-order chi connectivity index (χ0) is 22.8. The van der Waals surface area contributed by atoms with Gasteiger partial charge in [0.25, 0.3) is 11.8 Å². The van der Waals surface area contributed by atoms with Crippen molar-refractivity contribution in [3.63, 3.8) is 0 Å². The lowest BCUT2D eigenvalue weighted by atomic mass is 9.95. The molecule has 2 aromatic rings. The van der Waals surface area contributed by atoms with E-state index >= 15 is 0 Å². The minimum absolute atomic E-state index is 0.118. The van der Waals surface area contributed by atoms with Gasteiger partial charge in [0.2, 0.25) is 0 Å². The minimum Gasteiger partial charge on any atom is -0.493 e. The molecule has 0 heterocycles. The molecule has 5 nitrogen and oxygen atoms in total. The average molecular weight is 437 g/mol. The highest BCUT2D eigenvalue weighted by molar-refractivity contribution is 6.11. The number of unbranched alkanes of at least 4 members (excludes halogenated alkanes) is 3. The van der Waals surface area contributed by atoms with Gasteiger partial charge >= 0.3 is 0 Å². The van der Waals surface area contributed by atoms with Gasteiger partial charge in [0.05, 0.1) is 23.4 Å². The Kier molecular flexibility index (Phi) is 9.14. The maximum Gasteiger partial charge on any atom is 0.261 e. The van der Waals surface area contributed by atoms with Crippen molar-refractivity contribution in [3.8, 4) is 5.75 Å². The number of anilines is 1. The van der Waals surface area contributed by atoms with Crippen LogP contribution in [0.15, 0.2) is 48.5 Å². The number of nitrogens with one attached hydrogen (secondary N) is 1. The van der Waals surface area contributed by atoms with Gasteiger partial charge in [-0.3, -0.25) is 9.59 Å². The van der Waals surface area contributed by atoms with Gasteiger partial charge in [-0.25, -0.2) is 0 Å². The largest absolute Gasteiger partial charge is 0.493 e. The Labute approximate surface area is 192 Å². The zero-order valence-electron chi connectivity index (χ0n) is 19.4. The summed E-state index contributed by atoms with van der Waals surface area (Å²) < 4.78 is 5.94. The summed E-state index contributed by atoms with van der Waals surface area (Å²) in [5.41, 5.74) is 1.63. The highest BCUT2D eigenvalue weighted by Crippen LogP contribution is 2.26. The van der Waals surface area contributed by atoms with Gasteiger partial charge in [0.1, 0.15) is 5.75 Å². The van der Waals surface area contributed by atoms with Crippen LogP contribution in [0.3, 0.4) is 0 Å². The summed E-state index contributed by atoms with van der Waals surface area (Å²) in [5, 5.41) is 3.16. The Morgan fingerprint density at radius 3 is 2.38 bits per heavy atom. The SMILES string of the molecule is CCCCCCOc1ccccc1C(=O)N(C)c1ccccc1C(=O)NC1CCCCC1. The first-order valence-corrected chi connectivity index (χ1v) is 12.0. The summed E-state index contributed by atoms with van der Waals surface area (Å²) in [6, 6.07) is 14.9. The molecule has 0 unspecified atom stereocenters. The molecule has 5 heteroatoms. The fourth-order valence-electron chi connectivity index (χ4n) is 4.24. The highest BCUT2D eigenvalue weighted by atomic mass is 16.5. The normalized spacial score (nSPS) is 14.1. The predicted molar refractivity (Wildman–Crippen MR) is 130 cm³/mol. The van der Waals surface area contributed by atoms with Crippen LogP contribution in [0.4, 0.5) is 5.69 Å². The van der Waals surface area contributed by atoms with Crippen LogP contribution in [0, 0.1) is 0 Å². The molecule has 2 aromatic carbocycles. The summed E-state index contributed by atoms with van der Waals surface area (Å²) in [7, 11) is 1.72. The van der Waals surface area contributed by atoms with E-state index in [2.05, 4.69) is 12.2 Å². The second-order valence-electron chi connectivity index (χ2n) is 8.59. The van der Waals surface area contributed by atoms with Crippen molar-refractivity contribution < 1.29 is 14.3 Å². The van der Waals surface area contributed by atoms with E-state index < -0.39 is 0 Å². The number of para-hydroxylation sites is 2. The third-order valence-corrected chi connectivity index (χ3v) is 6.13. The number of hydrogen-bond acceptors (Lipinski definition) is 3. The van der Waals surface area contributed by atoms with E-state index in [0.29, 0.717) is 29.2 Å². The predicted octanol–water partition coefficient (Wildman–Crippen LogP) is 5.98. The van der Waals surface area contributed by atoms with Crippen LogP contribution in [-0.2, 0) is 0 Å². The standard InChI is InChI=1S/C27H36N2O3/c1-3-4-5-13-20-32-25-19-12-10-17-23(25)27(31)29(2)24-18-11-9-16-22(24)26(30)28-21-14-7-6-8-15-21/h9-12,16-19,21H,3-8,13-15,20H2,1-2H3,(H,28,30). The molecular formula is C27H36N2O3. The molecule has 0 aliphatic heterocycles. The van der Waals surface area contributed by atoms with Crippen LogP contribution in [0.5, 0.6) is 5.75 Å². The number of amides is 2. The van der Waals surface area contributed by atoms with Crippen LogP contribution in [0.25, 0.3) is 0 Å². The summed E-state index contributed by atoms with van der Waals surface area (Å²) in [5.74, 6) is 0.282. The third kappa shape index (κ3) is 6.35. The summed E-state index contributed by atoms with van der Waals surface area (Å²) in [6.45, 7) is 2.77. The van der Waals surface area contributed by atoms with E-state index in [0.717, 1.165) is 38.5 Å². The molecule has 3 rings (SSSR count). The number of ether oxygens (including phenoxy) is 1. The Hall–Kier alpha value is -2.82. The third-order valence-electron chi connectivity index (χ3n) is 6.13. The Balaban J connectivity index is 1.73. The lowest BCUT2D eigenvalue weighted by Gasteiger charge is -2.25. The fraction of sp³-hybridized carbons (Fsp3) is 0.481. The average Bonchev–Trinajstić information content (AvgIpc) is 2.84. The summed E-state index contributed by atoms with van der Waals surface area (Å²) >= 11 is 0. The number of hydrogen-bond donors (Lipinski definition) is 1. The molecule has 0 radical (unpaired) electrons. The van der Waals surface area contributed by atoms with Crippen LogP contribution in [0.1, 0.15) is 85.4 Å². The van der Waals surface area contributed by atoms with Crippen molar-refractivity contribution in [2.24, 2.45) is 0 Å². The monoisotopic (exact) mass is 436 g/mol. The van der Waals surface area contributed by atoms with Gasteiger partial charge < -0.3 is 15.0 Å². The molecule has 2 amide bonds. The number of rotatable bonds is 10. The van der Waals surface area contributed by atoms with Crippen LogP contribution < -0.4 is 15.0 Å². The van der Waals surface area contributed by atoms with Crippen molar-refractivity contribution in [1.82, 2.24) is 5.32 Å². The molecular weight excluding hydrogens is 400 g/mol. The van der Waals surface area contributed by atoms with Crippen LogP contribution >= 0.6 is 0 Å². The molecule has 0 spiro atoms. The fourth-order valence-corrected chi connectivity index (χ4v) is 4.24. The first kappa shape index (κ1) is 23.8. The van der Waals surface area contributed by atoms with Crippen LogP contribution in [-0.4, -0.2) is 31.5 Å². The van der Waals surface area contributed by atoms with Crippen molar-refractivity contribution >= 4 is 17.5 Å². The molecule has 1 aliphatic rings. The first-order valence-electron chi connectivity index (χ1n) is 12.0. The lowest BCUT2D eigenvalue weighted by molar-refractivity contribution is 0.0928. The number of carbonyl (C=O) groups is 2. The molecule has 0 saturated heterocycles. The number of nitrogens with zero attached hydrogens (tertiary/aromatic N) is 1. The second kappa shape index (κ2) is 12.3. The van der Waals surface area contributed by atoms with E-state index in [1.54, 1.807) is 24.1 Å². The highest BCUT2D eigenvalue weighted by Gasteiger charge is 2.23. The van der Waals surface area contributed by atoms with E-state index in [1.165, 1.54) is 19.3 Å². The first-order chi connectivity index (χ1) is 15.6. The summed E-state index contributed by atoms with van der Waals surface area (Å²) in [4.78, 5) is 27.9. The smallest absolute Gasteiger partial charge is 0.261 e. The van der Waals surface area contributed by atoms with Gasteiger partial charge in [-0.1, -0.05) is 69.7 Å². The zero-order valence-corrected chi connectivity index (χ0v) is 19.4. The Bertz CT molecular complexity index is 890. The lowest BCUT2D eigenvalue weighted by Crippen LogP contribution is -2.37. The van der Waals surface area contributed by atoms with E-state index in [4.69, 9.17) is 4.74 Å². The second-order valence-corrected chi connectivity index (χ2v) is 8.59. The van der Waals surface area contributed by atoms with E-state index in [-0.39, 0.29) is 17.9 Å². The van der Waals surface area contributed by atoms with Crippen molar-refractivity contribution in [2.45, 2.75) is 70.8 Å². The quantitative estimate of drug-likeness (QED) is 0.466. The molecule has 32 heavy (non-hydrogen) atoms. The Morgan fingerprint density at radius 2 is 1.62 bits per heavy atom. The van der Waals surface area contributed by atoms with Gasteiger partial charge in [-0.15, -0.1) is 0 Å². The van der Waals surface area contributed by atoms with Crippen LogP contribution in [0.2, 0.25) is 0 Å². The maximum absolute atomic E-state index is 13.4. The van der Waals surface area contributed by atoms with Crippen molar-refractivity contribution in [1.29, 1.82) is 0 Å². The molecule has 1 N–H and O–H groups in total. The Morgan fingerprint density at radius 1 is 0.938 bits per heavy atom. The van der Waals surface area contributed by atoms with Crippen molar-refractivity contribution in [3.05, 3.63) is 59.7 Å².